The third-order valence-electron chi connectivity index (χ3n) is 4.77. The molecular formula is C24H21BrN2O2. The van der Waals surface area contributed by atoms with E-state index in [0.29, 0.717) is 18.7 Å². The molecule has 0 fully saturated rings. The first-order valence-corrected chi connectivity index (χ1v) is 10.3. The molecule has 1 aromatic heterocycles. The number of ether oxygens (including phenoxy) is 1. The SMILES string of the molecule is O=C(NCCc1c[nH]c2cc(OCc3ccccc3)ccc12)c1ccc(Br)cc1. The molecule has 0 unspecified atom stereocenters. The van der Waals surface area contributed by atoms with Gasteiger partial charge in [-0.15, -0.1) is 0 Å². The second-order valence-corrected chi connectivity index (χ2v) is 7.72. The Labute approximate surface area is 178 Å². The van der Waals surface area contributed by atoms with Crippen LogP contribution in [0.1, 0.15) is 21.5 Å². The van der Waals surface area contributed by atoms with E-state index in [-0.39, 0.29) is 5.91 Å². The molecule has 2 N–H and O–H groups in total. The van der Waals surface area contributed by atoms with Crippen molar-refractivity contribution in [3.8, 4) is 5.75 Å². The highest BCUT2D eigenvalue weighted by molar-refractivity contribution is 9.10. The monoisotopic (exact) mass is 448 g/mol. The largest absolute Gasteiger partial charge is 0.489 e. The molecule has 3 aromatic carbocycles. The third-order valence-corrected chi connectivity index (χ3v) is 5.30. The molecule has 0 saturated heterocycles. The maximum Gasteiger partial charge on any atom is 0.251 e. The van der Waals surface area contributed by atoms with Crippen LogP contribution < -0.4 is 10.1 Å². The van der Waals surface area contributed by atoms with Crippen molar-refractivity contribution in [3.05, 3.63) is 100 Å². The molecule has 1 amide bonds. The van der Waals surface area contributed by atoms with Gasteiger partial charge in [-0.2, -0.15) is 0 Å². The second-order valence-electron chi connectivity index (χ2n) is 6.81. The van der Waals surface area contributed by atoms with Gasteiger partial charge in [-0.25, -0.2) is 0 Å². The van der Waals surface area contributed by atoms with Crippen LogP contribution in [0.4, 0.5) is 0 Å². The Hall–Kier alpha value is -3.05. The van der Waals surface area contributed by atoms with Crippen molar-refractivity contribution < 1.29 is 9.53 Å². The number of nitrogens with one attached hydrogen (secondary N) is 2. The second kappa shape index (κ2) is 8.97. The Balaban J connectivity index is 1.35. The van der Waals surface area contributed by atoms with E-state index < -0.39 is 0 Å². The average molecular weight is 449 g/mol. The molecule has 0 aliphatic carbocycles. The fourth-order valence-electron chi connectivity index (χ4n) is 3.22. The van der Waals surface area contributed by atoms with E-state index in [0.717, 1.165) is 33.1 Å². The zero-order chi connectivity index (χ0) is 20.1. The lowest BCUT2D eigenvalue weighted by Crippen LogP contribution is -2.25. The van der Waals surface area contributed by atoms with Crippen LogP contribution in [0.3, 0.4) is 0 Å². The Kier molecular flexibility index (Phi) is 5.96. The summed E-state index contributed by atoms with van der Waals surface area (Å²) in [5, 5.41) is 4.13. The Morgan fingerprint density at radius 1 is 1.00 bits per heavy atom. The number of hydrogen-bond acceptors (Lipinski definition) is 2. The molecule has 0 aliphatic rings. The lowest BCUT2D eigenvalue weighted by atomic mass is 10.1. The minimum Gasteiger partial charge on any atom is -0.489 e. The average Bonchev–Trinajstić information content (AvgIpc) is 3.16. The summed E-state index contributed by atoms with van der Waals surface area (Å²) < 4.78 is 6.86. The van der Waals surface area contributed by atoms with Gasteiger partial charge in [-0.1, -0.05) is 46.3 Å². The minimum absolute atomic E-state index is 0.0612. The number of benzene rings is 3. The van der Waals surface area contributed by atoms with Gasteiger partial charge in [0.1, 0.15) is 12.4 Å². The van der Waals surface area contributed by atoms with Gasteiger partial charge in [0.05, 0.1) is 0 Å². The van der Waals surface area contributed by atoms with Gasteiger partial charge in [-0.3, -0.25) is 4.79 Å². The molecule has 0 atom stereocenters. The summed E-state index contributed by atoms with van der Waals surface area (Å²) in [5.41, 5.74) is 4.00. The summed E-state index contributed by atoms with van der Waals surface area (Å²) in [4.78, 5) is 15.5. The van der Waals surface area contributed by atoms with Crippen LogP contribution in [0, 0.1) is 0 Å². The Morgan fingerprint density at radius 3 is 2.59 bits per heavy atom. The smallest absolute Gasteiger partial charge is 0.251 e. The van der Waals surface area contributed by atoms with Crippen molar-refractivity contribution in [2.75, 3.05) is 6.54 Å². The predicted octanol–water partition coefficient (Wildman–Crippen LogP) is 5.48. The van der Waals surface area contributed by atoms with E-state index in [1.807, 2.05) is 72.9 Å². The standard InChI is InChI=1S/C24H21BrN2O2/c25-20-8-6-18(7-9-20)24(28)26-13-12-19-15-27-23-14-21(10-11-22(19)23)29-16-17-4-2-1-3-5-17/h1-11,14-15,27H,12-13,16H2,(H,26,28). The number of carbonyl (C=O) groups is 1. The molecule has 29 heavy (non-hydrogen) atoms. The maximum absolute atomic E-state index is 12.2. The van der Waals surface area contributed by atoms with Crippen LogP contribution in [0.25, 0.3) is 10.9 Å². The van der Waals surface area contributed by atoms with Crippen LogP contribution in [-0.2, 0) is 13.0 Å². The predicted molar refractivity (Wildman–Crippen MR) is 119 cm³/mol. The topological polar surface area (TPSA) is 54.1 Å². The van der Waals surface area contributed by atoms with Gasteiger partial charge >= 0.3 is 0 Å². The number of fused-ring (bicyclic) bond motifs is 1. The number of carbonyl (C=O) groups excluding carboxylic acids is 1. The first kappa shape index (κ1) is 19.3. The third kappa shape index (κ3) is 4.87. The first-order valence-electron chi connectivity index (χ1n) is 9.49. The van der Waals surface area contributed by atoms with Crippen LogP contribution in [-0.4, -0.2) is 17.4 Å². The van der Waals surface area contributed by atoms with E-state index in [4.69, 9.17) is 4.74 Å². The number of amides is 1. The van der Waals surface area contributed by atoms with Gasteiger partial charge in [0.25, 0.3) is 5.91 Å². The van der Waals surface area contributed by atoms with Crippen molar-refractivity contribution in [1.29, 1.82) is 0 Å². The van der Waals surface area contributed by atoms with Gasteiger partial charge in [0.15, 0.2) is 0 Å². The Bertz CT molecular complexity index is 1100. The lowest BCUT2D eigenvalue weighted by Gasteiger charge is -2.07. The molecule has 4 nitrogen and oxygen atoms in total. The highest BCUT2D eigenvalue weighted by atomic mass is 79.9. The lowest BCUT2D eigenvalue weighted by molar-refractivity contribution is 0.0954. The van der Waals surface area contributed by atoms with E-state index in [9.17, 15) is 4.79 Å². The van der Waals surface area contributed by atoms with Crippen molar-refractivity contribution in [3.63, 3.8) is 0 Å². The van der Waals surface area contributed by atoms with Crippen molar-refractivity contribution in [2.45, 2.75) is 13.0 Å². The molecule has 0 bridgehead atoms. The minimum atomic E-state index is -0.0612. The van der Waals surface area contributed by atoms with E-state index in [1.165, 1.54) is 5.56 Å². The number of aromatic amines is 1. The van der Waals surface area contributed by atoms with Crippen LogP contribution in [0.15, 0.2) is 83.5 Å². The molecule has 1 heterocycles. The van der Waals surface area contributed by atoms with Gasteiger partial charge in [0.2, 0.25) is 0 Å². The number of aromatic nitrogens is 1. The van der Waals surface area contributed by atoms with Gasteiger partial charge in [-0.05, 0) is 53.9 Å². The zero-order valence-corrected chi connectivity index (χ0v) is 17.4. The van der Waals surface area contributed by atoms with Crippen molar-refractivity contribution in [1.82, 2.24) is 10.3 Å². The van der Waals surface area contributed by atoms with Crippen LogP contribution >= 0.6 is 15.9 Å². The molecule has 4 aromatic rings. The number of rotatable bonds is 7. The molecule has 0 saturated carbocycles. The quantitative estimate of drug-likeness (QED) is 0.393. The molecule has 4 rings (SSSR count). The van der Waals surface area contributed by atoms with Crippen molar-refractivity contribution in [2.24, 2.45) is 0 Å². The molecule has 0 radical (unpaired) electrons. The summed E-state index contributed by atoms with van der Waals surface area (Å²) in [6, 6.07) is 23.5. The summed E-state index contributed by atoms with van der Waals surface area (Å²) in [5.74, 6) is 0.771. The van der Waals surface area contributed by atoms with Crippen molar-refractivity contribution >= 4 is 32.7 Å². The fourth-order valence-corrected chi connectivity index (χ4v) is 3.48. The highest BCUT2D eigenvalue weighted by Gasteiger charge is 2.08. The summed E-state index contributed by atoms with van der Waals surface area (Å²) >= 11 is 3.38. The fraction of sp³-hybridized carbons (Fsp3) is 0.125. The molecule has 5 heteroatoms. The number of H-pyrrole nitrogens is 1. The zero-order valence-electron chi connectivity index (χ0n) is 15.8. The highest BCUT2D eigenvalue weighted by Crippen LogP contribution is 2.24. The first-order chi connectivity index (χ1) is 14.2. The number of hydrogen-bond donors (Lipinski definition) is 2. The normalized spacial score (nSPS) is 10.8. The van der Waals surface area contributed by atoms with Gasteiger partial charge in [0, 0.05) is 39.7 Å². The Morgan fingerprint density at radius 2 is 1.79 bits per heavy atom. The van der Waals surface area contributed by atoms with Gasteiger partial charge < -0.3 is 15.0 Å². The summed E-state index contributed by atoms with van der Waals surface area (Å²) in [6.45, 7) is 1.12. The summed E-state index contributed by atoms with van der Waals surface area (Å²) in [6.07, 6.45) is 2.75. The molecule has 0 spiro atoms. The van der Waals surface area contributed by atoms with E-state index >= 15 is 0 Å². The van der Waals surface area contributed by atoms with Crippen LogP contribution in [0.2, 0.25) is 0 Å². The van der Waals surface area contributed by atoms with Crippen LogP contribution in [0.5, 0.6) is 5.75 Å². The number of halogens is 1. The maximum atomic E-state index is 12.2. The molecule has 0 aliphatic heterocycles. The molecular weight excluding hydrogens is 428 g/mol. The summed E-state index contributed by atoms with van der Waals surface area (Å²) in [7, 11) is 0. The molecule has 146 valence electrons. The van der Waals surface area contributed by atoms with E-state index in [1.54, 1.807) is 0 Å². The van der Waals surface area contributed by atoms with E-state index in [2.05, 4.69) is 32.3 Å².